The summed E-state index contributed by atoms with van der Waals surface area (Å²) in [5.41, 5.74) is 2.29. The molecule has 1 aromatic heterocycles. The summed E-state index contributed by atoms with van der Waals surface area (Å²) in [6.07, 6.45) is 5.98. The lowest BCUT2D eigenvalue weighted by Crippen LogP contribution is -2.47. The van der Waals surface area contributed by atoms with Gasteiger partial charge in [0.1, 0.15) is 5.69 Å². The van der Waals surface area contributed by atoms with Gasteiger partial charge in [0.05, 0.1) is 13.2 Å². The van der Waals surface area contributed by atoms with Crippen LogP contribution in [-0.4, -0.2) is 46.3 Å². The number of aromatic nitrogens is 1. The smallest absolute Gasteiger partial charge is 0.354 e. The monoisotopic (exact) mass is 374 g/mol. The summed E-state index contributed by atoms with van der Waals surface area (Å²) < 4.78 is 6.58. The fourth-order valence-electron chi connectivity index (χ4n) is 4.49. The maximum Gasteiger partial charge on any atom is 0.354 e. The molecule has 1 amide bonds. The molecule has 3 rings (SSSR count). The SMILES string of the molecule is COC(=O)c1c(C)c(C(=O)C(C)N(C(=O)C2CCCC2)C2CC2)c(C)n1C. The molecule has 1 atom stereocenters. The van der Waals surface area contributed by atoms with Crippen LogP contribution in [0.3, 0.4) is 0 Å². The number of amides is 1. The Kier molecular flexibility index (Phi) is 5.45. The number of hydrogen-bond donors (Lipinski definition) is 0. The van der Waals surface area contributed by atoms with Gasteiger partial charge >= 0.3 is 5.97 Å². The molecule has 2 aliphatic rings. The van der Waals surface area contributed by atoms with E-state index < -0.39 is 12.0 Å². The minimum atomic E-state index is -0.518. The number of ether oxygens (including phenoxy) is 1. The van der Waals surface area contributed by atoms with E-state index in [1.165, 1.54) is 7.11 Å². The number of esters is 1. The number of methoxy groups -OCH3 is 1. The van der Waals surface area contributed by atoms with Crippen molar-refractivity contribution in [1.82, 2.24) is 9.47 Å². The summed E-state index contributed by atoms with van der Waals surface area (Å²) in [7, 11) is 3.10. The largest absolute Gasteiger partial charge is 0.464 e. The first-order valence-corrected chi connectivity index (χ1v) is 9.90. The van der Waals surface area contributed by atoms with Gasteiger partial charge < -0.3 is 14.2 Å². The highest BCUT2D eigenvalue weighted by Crippen LogP contribution is 2.35. The van der Waals surface area contributed by atoms with Crippen LogP contribution < -0.4 is 0 Å². The third kappa shape index (κ3) is 3.42. The fourth-order valence-corrected chi connectivity index (χ4v) is 4.49. The Hall–Kier alpha value is -2.11. The van der Waals surface area contributed by atoms with E-state index in [1.807, 2.05) is 18.7 Å². The Morgan fingerprint density at radius 2 is 1.70 bits per heavy atom. The molecule has 0 aliphatic heterocycles. The molecule has 1 heterocycles. The van der Waals surface area contributed by atoms with Crippen LogP contribution in [0.1, 0.15) is 77.6 Å². The zero-order valence-corrected chi connectivity index (χ0v) is 17.0. The highest BCUT2D eigenvalue weighted by molar-refractivity contribution is 6.06. The van der Waals surface area contributed by atoms with E-state index in [1.54, 1.807) is 18.5 Å². The summed E-state index contributed by atoms with van der Waals surface area (Å²) in [6.45, 7) is 5.44. The van der Waals surface area contributed by atoms with Gasteiger partial charge in [-0.2, -0.15) is 0 Å². The average molecular weight is 374 g/mol. The van der Waals surface area contributed by atoms with E-state index in [-0.39, 0.29) is 23.7 Å². The molecule has 2 saturated carbocycles. The van der Waals surface area contributed by atoms with Gasteiger partial charge in [0.15, 0.2) is 5.78 Å². The number of ketones is 1. The lowest BCUT2D eigenvalue weighted by atomic mass is 9.98. The van der Waals surface area contributed by atoms with E-state index in [0.29, 0.717) is 16.8 Å². The fraction of sp³-hybridized carbons (Fsp3) is 0.667. The first-order valence-electron chi connectivity index (χ1n) is 9.90. The van der Waals surface area contributed by atoms with Crippen LogP contribution in [-0.2, 0) is 16.6 Å². The summed E-state index contributed by atoms with van der Waals surface area (Å²) in [5.74, 6) is -0.348. The van der Waals surface area contributed by atoms with Crippen LogP contribution in [0.4, 0.5) is 0 Å². The predicted octanol–water partition coefficient (Wildman–Crippen LogP) is 3.18. The van der Waals surface area contributed by atoms with Gasteiger partial charge in [0, 0.05) is 30.3 Å². The number of carbonyl (C=O) groups excluding carboxylic acids is 3. The topological polar surface area (TPSA) is 68.6 Å². The molecular formula is C21H30N2O4. The maximum absolute atomic E-state index is 13.4. The standard InChI is InChI=1S/C21H30N2O4/c1-12-17(13(2)22(4)18(12)21(26)27-5)19(24)14(3)23(16-10-11-16)20(25)15-8-6-7-9-15/h14-16H,6-11H2,1-5H3. The number of hydrogen-bond acceptors (Lipinski definition) is 4. The highest BCUT2D eigenvalue weighted by Gasteiger charge is 2.42. The molecule has 0 bridgehead atoms. The molecule has 2 fully saturated rings. The first kappa shape index (κ1) is 19.6. The van der Waals surface area contributed by atoms with Crippen LogP contribution >= 0.6 is 0 Å². The number of carbonyl (C=O) groups is 3. The Bertz CT molecular complexity index is 770. The van der Waals surface area contributed by atoms with Crippen LogP contribution in [0.2, 0.25) is 0 Å². The molecular weight excluding hydrogens is 344 g/mol. The zero-order valence-electron chi connectivity index (χ0n) is 17.0. The van der Waals surface area contributed by atoms with Crippen molar-refractivity contribution in [3.63, 3.8) is 0 Å². The van der Waals surface area contributed by atoms with Crippen molar-refractivity contribution in [1.29, 1.82) is 0 Å². The van der Waals surface area contributed by atoms with Gasteiger partial charge in [-0.25, -0.2) is 4.79 Å². The van der Waals surface area contributed by atoms with E-state index >= 15 is 0 Å². The summed E-state index contributed by atoms with van der Waals surface area (Å²) in [4.78, 5) is 40.5. The van der Waals surface area contributed by atoms with Crippen molar-refractivity contribution >= 4 is 17.7 Å². The van der Waals surface area contributed by atoms with E-state index in [9.17, 15) is 14.4 Å². The molecule has 1 unspecified atom stereocenters. The Morgan fingerprint density at radius 3 is 2.22 bits per heavy atom. The predicted molar refractivity (Wildman–Crippen MR) is 102 cm³/mol. The molecule has 0 saturated heterocycles. The lowest BCUT2D eigenvalue weighted by Gasteiger charge is -2.31. The number of nitrogens with zero attached hydrogens (tertiary/aromatic N) is 2. The molecule has 27 heavy (non-hydrogen) atoms. The van der Waals surface area contributed by atoms with Crippen LogP contribution in [0.25, 0.3) is 0 Å². The maximum atomic E-state index is 13.4. The second-order valence-corrected chi connectivity index (χ2v) is 7.98. The van der Waals surface area contributed by atoms with Crippen molar-refractivity contribution in [3.8, 4) is 0 Å². The van der Waals surface area contributed by atoms with Crippen molar-refractivity contribution < 1.29 is 19.1 Å². The van der Waals surface area contributed by atoms with Crippen molar-refractivity contribution in [2.75, 3.05) is 7.11 Å². The minimum absolute atomic E-state index is 0.0597. The molecule has 148 valence electrons. The average Bonchev–Trinajstić information content (AvgIpc) is 3.26. The zero-order chi connectivity index (χ0) is 19.9. The summed E-state index contributed by atoms with van der Waals surface area (Å²) in [5, 5.41) is 0. The molecule has 2 aliphatic carbocycles. The quantitative estimate of drug-likeness (QED) is 0.566. The third-order valence-electron chi connectivity index (χ3n) is 6.25. The Morgan fingerprint density at radius 1 is 1.11 bits per heavy atom. The summed E-state index contributed by atoms with van der Waals surface area (Å²) >= 11 is 0. The van der Waals surface area contributed by atoms with Gasteiger partial charge in [0.2, 0.25) is 5.91 Å². The van der Waals surface area contributed by atoms with Crippen LogP contribution in [0.15, 0.2) is 0 Å². The van der Waals surface area contributed by atoms with E-state index in [2.05, 4.69) is 0 Å². The highest BCUT2D eigenvalue weighted by atomic mass is 16.5. The van der Waals surface area contributed by atoms with Gasteiger partial charge in [-0.05, 0) is 52.0 Å². The van der Waals surface area contributed by atoms with E-state index in [0.717, 1.165) is 44.2 Å². The van der Waals surface area contributed by atoms with Gasteiger partial charge in [-0.1, -0.05) is 12.8 Å². The van der Waals surface area contributed by atoms with Crippen molar-refractivity contribution in [2.24, 2.45) is 13.0 Å². The molecule has 6 heteroatoms. The molecule has 6 nitrogen and oxygen atoms in total. The Balaban J connectivity index is 1.92. The van der Waals surface area contributed by atoms with Crippen LogP contribution in [0.5, 0.6) is 0 Å². The minimum Gasteiger partial charge on any atom is -0.464 e. The normalized spacial score (nSPS) is 18.4. The lowest BCUT2D eigenvalue weighted by molar-refractivity contribution is -0.137. The van der Waals surface area contributed by atoms with E-state index in [4.69, 9.17) is 4.74 Å². The second kappa shape index (κ2) is 7.49. The second-order valence-electron chi connectivity index (χ2n) is 7.98. The van der Waals surface area contributed by atoms with Crippen LogP contribution in [0, 0.1) is 19.8 Å². The molecule has 0 radical (unpaired) electrons. The number of Topliss-reactive ketones (excluding diaryl/α,β-unsaturated/α-hetero) is 1. The van der Waals surface area contributed by atoms with Gasteiger partial charge in [-0.15, -0.1) is 0 Å². The number of rotatable bonds is 6. The first-order chi connectivity index (χ1) is 12.8. The van der Waals surface area contributed by atoms with Gasteiger partial charge in [-0.3, -0.25) is 9.59 Å². The molecule has 0 aromatic carbocycles. The molecule has 1 aromatic rings. The Labute approximate surface area is 160 Å². The molecule has 0 spiro atoms. The molecule has 0 N–H and O–H groups in total. The third-order valence-corrected chi connectivity index (χ3v) is 6.25. The van der Waals surface area contributed by atoms with Gasteiger partial charge in [0.25, 0.3) is 0 Å². The summed E-state index contributed by atoms with van der Waals surface area (Å²) in [6, 6.07) is -0.336. The van der Waals surface area contributed by atoms with Crippen molar-refractivity contribution in [3.05, 3.63) is 22.5 Å². The van der Waals surface area contributed by atoms with Crippen molar-refractivity contribution in [2.45, 2.75) is 71.4 Å².